The van der Waals surface area contributed by atoms with Crippen molar-refractivity contribution >= 4 is 17.5 Å². The van der Waals surface area contributed by atoms with Crippen LogP contribution in [0.3, 0.4) is 0 Å². The van der Waals surface area contributed by atoms with Crippen LogP contribution in [0, 0.1) is 5.82 Å². The van der Waals surface area contributed by atoms with Gasteiger partial charge >= 0.3 is 0 Å². The average Bonchev–Trinajstić information content (AvgIpc) is 2.66. The van der Waals surface area contributed by atoms with Crippen molar-refractivity contribution < 1.29 is 14.0 Å². The lowest BCUT2D eigenvalue weighted by Gasteiger charge is -2.36. The normalized spacial score (nSPS) is 14.7. The van der Waals surface area contributed by atoms with E-state index in [0.717, 1.165) is 5.69 Å². The van der Waals surface area contributed by atoms with E-state index in [0.29, 0.717) is 37.3 Å². The van der Waals surface area contributed by atoms with E-state index in [1.54, 1.807) is 17.0 Å². The van der Waals surface area contributed by atoms with Crippen LogP contribution in [0.15, 0.2) is 48.5 Å². The van der Waals surface area contributed by atoms with Crippen LogP contribution < -0.4 is 10.2 Å². The van der Waals surface area contributed by atoms with E-state index < -0.39 is 5.82 Å². The van der Waals surface area contributed by atoms with Crippen LogP contribution in [0.5, 0.6) is 0 Å². The summed E-state index contributed by atoms with van der Waals surface area (Å²) in [5, 5.41) is 2.95. The molecule has 1 aliphatic rings. The zero-order valence-electron chi connectivity index (χ0n) is 16.5. The second kappa shape index (κ2) is 8.00. The summed E-state index contributed by atoms with van der Waals surface area (Å²) < 4.78 is 13.4. The fourth-order valence-corrected chi connectivity index (χ4v) is 3.21. The van der Waals surface area contributed by atoms with Gasteiger partial charge < -0.3 is 15.1 Å². The molecule has 0 radical (unpaired) electrons. The third kappa shape index (κ3) is 4.88. The van der Waals surface area contributed by atoms with Crippen LogP contribution in [0.4, 0.5) is 10.1 Å². The highest BCUT2D eigenvalue weighted by Gasteiger charge is 2.23. The number of hydrogen-bond donors (Lipinski definition) is 1. The number of hydrogen-bond acceptors (Lipinski definition) is 3. The van der Waals surface area contributed by atoms with Crippen molar-refractivity contribution in [2.75, 3.05) is 31.1 Å². The second-order valence-electron chi connectivity index (χ2n) is 8.04. The maximum absolute atomic E-state index is 13.4. The van der Waals surface area contributed by atoms with E-state index >= 15 is 0 Å². The number of carbonyl (C=O) groups is 2. The Bertz CT molecular complexity index is 851. The van der Waals surface area contributed by atoms with Gasteiger partial charge in [-0.25, -0.2) is 4.39 Å². The SMILES string of the molecule is CC(C)(C)NC(=O)c1ccc(N2CCN(C(=O)c3cccc(F)c3)CC2)cc1. The van der Waals surface area contributed by atoms with Crippen LogP contribution in [0.2, 0.25) is 0 Å². The maximum atomic E-state index is 13.4. The Kier molecular flexibility index (Phi) is 5.68. The minimum atomic E-state index is -0.403. The van der Waals surface area contributed by atoms with E-state index in [1.807, 2.05) is 45.0 Å². The standard InChI is InChI=1S/C22H26FN3O2/c1-22(2,3)24-20(27)16-7-9-19(10-8-16)25-11-13-26(14-12-25)21(28)17-5-4-6-18(23)15-17/h4-10,15H,11-14H2,1-3H3,(H,24,27). The van der Waals surface area contributed by atoms with Crippen molar-refractivity contribution in [2.45, 2.75) is 26.3 Å². The Hall–Kier alpha value is -2.89. The molecule has 1 fully saturated rings. The molecule has 2 aromatic rings. The smallest absolute Gasteiger partial charge is 0.254 e. The van der Waals surface area contributed by atoms with Gasteiger partial charge in [-0.3, -0.25) is 9.59 Å². The van der Waals surface area contributed by atoms with Gasteiger partial charge in [0.15, 0.2) is 0 Å². The number of amides is 2. The lowest BCUT2D eigenvalue weighted by Crippen LogP contribution is -2.48. The Balaban J connectivity index is 1.59. The lowest BCUT2D eigenvalue weighted by molar-refractivity contribution is 0.0746. The molecule has 5 nitrogen and oxygen atoms in total. The van der Waals surface area contributed by atoms with Crippen LogP contribution in [0.1, 0.15) is 41.5 Å². The molecule has 0 unspecified atom stereocenters. The van der Waals surface area contributed by atoms with Crippen molar-refractivity contribution in [2.24, 2.45) is 0 Å². The fraction of sp³-hybridized carbons (Fsp3) is 0.364. The molecule has 0 aromatic heterocycles. The van der Waals surface area contributed by atoms with Gasteiger partial charge in [0.05, 0.1) is 0 Å². The van der Waals surface area contributed by atoms with Gasteiger partial charge in [-0.05, 0) is 63.2 Å². The van der Waals surface area contributed by atoms with Crippen LogP contribution in [-0.4, -0.2) is 48.4 Å². The summed E-state index contributed by atoms with van der Waals surface area (Å²) >= 11 is 0. The molecule has 1 aliphatic heterocycles. The third-order valence-electron chi connectivity index (χ3n) is 4.62. The third-order valence-corrected chi connectivity index (χ3v) is 4.62. The van der Waals surface area contributed by atoms with Crippen LogP contribution in [-0.2, 0) is 0 Å². The molecule has 2 amide bonds. The molecule has 3 rings (SSSR count). The van der Waals surface area contributed by atoms with Crippen molar-refractivity contribution in [3.05, 3.63) is 65.5 Å². The van der Waals surface area contributed by atoms with E-state index in [1.165, 1.54) is 12.1 Å². The first-order chi connectivity index (χ1) is 13.2. The van der Waals surface area contributed by atoms with Gasteiger partial charge in [0.2, 0.25) is 0 Å². The summed E-state index contributed by atoms with van der Waals surface area (Å²) in [6.07, 6.45) is 0. The van der Waals surface area contributed by atoms with Crippen LogP contribution >= 0.6 is 0 Å². The fourth-order valence-electron chi connectivity index (χ4n) is 3.21. The summed E-state index contributed by atoms with van der Waals surface area (Å²) in [6, 6.07) is 13.3. The van der Waals surface area contributed by atoms with E-state index in [-0.39, 0.29) is 17.4 Å². The summed E-state index contributed by atoms with van der Waals surface area (Å²) in [5.41, 5.74) is 1.74. The molecule has 1 N–H and O–H groups in total. The van der Waals surface area contributed by atoms with Gasteiger partial charge in [0.1, 0.15) is 5.82 Å². The Morgan fingerprint density at radius 1 is 0.929 bits per heavy atom. The highest BCUT2D eigenvalue weighted by Crippen LogP contribution is 2.19. The number of anilines is 1. The minimum absolute atomic E-state index is 0.0930. The highest BCUT2D eigenvalue weighted by atomic mass is 19.1. The molecule has 1 heterocycles. The first kappa shape index (κ1) is 19.9. The second-order valence-corrected chi connectivity index (χ2v) is 8.04. The topological polar surface area (TPSA) is 52.7 Å². The molecule has 6 heteroatoms. The van der Waals surface area contributed by atoms with Gasteiger partial charge in [-0.1, -0.05) is 6.07 Å². The maximum Gasteiger partial charge on any atom is 0.254 e. The first-order valence-corrected chi connectivity index (χ1v) is 9.45. The zero-order valence-corrected chi connectivity index (χ0v) is 16.5. The molecule has 28 heavy (non-hydrogen) atoms. The molecule has 0 spiro atoms. The quantitative estimate of drug-likeness (QED) is 0.885. The Labute approximate surface area is 165 Å². The highest BCUT2D eigenvalue weighted by molar-refractivity contribution is 5.95. The molecule has 148 valence electrons. The molecule has 0 aliphatic carbocycles. The van der Waals surface area contributed by atoms with E-state index in [4.69, 9.17) is 0 Å². The molecular weight excluding hydrogens is 357 g/mol. The Morgan fingerprint density at radius 3 is 2.14 bits per heavy atom. The number of carbonyl (C=O) groups excluding carboxylic acids is 2. The summed E-state index contributed by atoms with van der Waals surface area (Å²) in [6.45, 7) is 8.37. The van der Waals surface area contributed by atoms with Gasteiger partial charge in [0, 0.05) is 48.5 Å². The van der Waals surface area contributed by atoms with E-state index in [9.17, 15) is 14.0 Å². The van der Waals surface area contributed by atoms with Crippen molar-refractivity contribution in [3.63, 3.8) is 0 Å². The molecular formula is C22H26FN3O2. The average molecular weight is 383 g/mol. The number of halogens is 1. The molecule has 0 bridgehead atoms. The lowest BCUT2D eigenvalue weighted by atomic mass is 10.1. The largest absolute Gasteiger partial charge is 0.368 e. The number of piperazine rings is 1. The summed E-state index contributed by atoms with van der Waals surface area (Å²) in [7, 11) is 0. The minimum Gasteiger partial charge on any atom is -0.368 e. The van der Waals surface area contributed by atoms with Gasteiger partial charge in [-0.2, -0.15) is 0 Å². The monoisotopic (exact) mass is 383 g/mol. The number of rotatable bonds is 3. The predicted octanol–water partition coefficient (Wildman–Crippen LogP) is 3.32. The van der Waals surface area contributed by atoms with Crippen LogP contribution in [0.25, 0.3) is 0 Å². The molecule has 0 atom stereocenters. The molecule has 1 saturated heterocycles. The van der Waals surface area contributed by atoms with Gasteiger partial charge in [0.25, 0.3) is 11.8 Å². The number of nitrogens with zero attached hydrogens (tertiary/aromatic N) is 2. The Morgan fingerprint density at radius 2 is 1.57 bits per heavy atom. The predicted molar refractivity (Wildman–Crippen MR) is 108 cm³/mol. The molecule has 0 saturated carbocycles. The number of nitrogens with one attached hydrogen (secondary N) is 1. The number of benzene rings is 2. The van der Waals surface area contributed by atoms with E-state index in [2.05, 4.69) is 10.2 Å². The molecule has 2 aromatic carbocycles. The summed E-state index contributed by atoms with van der Waals surface area (Å²) in [5.74, 6) is -0.641. The van der Waals surface area contributed by atoms with Crippen molar-refractivity contribution in [1.29, 1.82) is 0 Å². The van der Waals surface area contributed by atoms with Gasteiger partial charge in [-0.15, -0.1) is 0 Å². The first-order valence-electron chi connectivity index (χ1n) is 9.45. The van der Waals surface area contributed by atoms with Crippen molar-refractivity contribution in [3.8, 4) is 0 Å². The summed E-state index contributed by atoms with van der Waals surface area (Å²) in [4.78, 5) is 28.7. The van der Waals surface area contributed by atoms with Crippen molar-refractivity contribution in [1.82, 2.24) is 10.2 Å². The zero-order chi connectivity index (χ0) is 20.3.